The maximum atomic E-state index is 9.84. The molecule has 1 saturated heterocycles. The molecule has 0 aromatic rings. The number of rotatable bonds is 21. The Labute approximate surface area is 191 Å². The van der Waals surface area contributed by atoms with Gasteiger partial charge in [-0.15, -0.1) is 0 Å². The second-order valence-electron chi connectivity index (χ2n) is 9.09. The number of allylic oxidation sites excluding steroid dienone is 1. The van der Waals surface area contributed by atoms with Crippen LogP contribution in [0.3, 0.4) is 0 Å². The highest BCUT2D eigenvalue weighted by molar-refractivity contribution is 4.89. The quantitative estimate of drug-likeness (QED) is 0.166. The molecule has 0 aromatic heterocycles. The van der Waals surface area contributed by atoms with E-state index < -0.39 is 24.4 Å². The second kappa shape index (κ2) is 20.2. The molecule has 0 unspecified atom stereocenters. The van der Waals surface area contributed by atoms with Crippen molar-refractivity contribution in [3.05, 3.63) is 12.2 Å². The molecule has 1 heterocycles. The Morgan fingerprint density at radius 1 is 0.806 bits per heavy atom. The zero-order valence-electron chi connectivity index (χ0n) is 20.1. The summed E-state index contributed by atoms with van der Waals surface area (Å²) in [7, 11) is 0. The van der Waals surface area contributed by atoms with Crippen LogP contribution in [0.2, 0.25) is 0 Å². The van der Waals surface area contributed by atoms with E-state index in [1.807, 2.05) is 0 Å². The molecule has 3 N–H and O–H groups in total. The van der Waals surface area contributed by atoms with Crippen LogP contribution in [0.1, 0.15) is 110 Å². The van der Waals surface area contributed by atoms with E-state index in [2.05, 4.69) is 19.1 Å². The molecule has 0 amide bonds. The second-order valence-corrected chi connectivity index (χ2v) is 9.09. The Hall–Kier alpha value is -0.460. The number of hydrogen-bond acceptors (Lipinski definition) is 5. The van der Waals surface area contributed by atoms with Crippen molar-refractivity contribution in [2.75, 3.05) is 19.8 Å². The van der Waals surface area contributed by atoms with Gasteiger partial charge in [-0.1, -0.05) is 103 Å². The minimum Gasteiger partial charge on any atom is -0.394 e. The summed E-state index contributed by atoms with van der Waals surface area (Å²) in [5, 5.41) is 28.8. The zero-order chi connectivity index (χ0) is 22.6. The summed E-state index contributed by atoms with van der Waals surface area (Å²) >= 11 is 0. The van der Waals surface area contributed by atoms with Crippen LogP contribution in [0.15, 0.2) is 12.2 Å². The van der Waals surface area contributed by atoms with Crippen molar-refractivity contribution in [2.45, 2.75) is 134 Å². The van der Waals surface area contributed by atoms with E-state index in [1.54, 1.807) is 0 Å². The van der Waals surface area contributed by atoms with Crippen LogP contribution in [-0.4, -0.2) is 59.6 Å². The van der Waals surface area contributed by atoms with Crippen LogP contribution in [0.4, 0.5) is 0 Å². The molecule has 0 saturated carbocycles. The van der Waals surface area contributed by atoms with Crippen molar-refractivity contribution in [2.24, 2.45) is 0 Å². The summed E-state index contributed by atoms with van der Waals surface area (Å²) in [6, 6.07) is 0. The number of aliphatic hydroxyl groups excluding tert-OH is 3. The summed E-state index contributed by atoms with van der Waals surface area (Å²) < 4.78 is 10.9. The van der Waals surface area contributed by atoms with Crippen molar-refractivity contribution in [3.63, 3.8) is 0 Å². The normalized spacial score (nSPS) is 22.5. The van der Waals surface area contributed by atoms with Gasteiger partial charge in [-0.25, -0.2) is 0 Å². The van der Waals surface area contributed by atoms with Crippen molar-refractivity contribution in [1.82, 2.24) is 0 Å². The number of unbranched alkanes of at least 4 members (excludes halogenated alkanes) is 14. The van der Waals surface area contributed by atoms with Crippen molar-refractivity contribution < 1.29 is 24.8 Å². The Balaban J connectivity index is 1.83. The predicted molar refractivity (Wildman–Crippen MR) is 127 cm³/mol. The lowest BCUT2D eigenvalue weighted by Crippen LogP contribution is -2.42. The van der Waals surface area contributed by atoms with Gasteiger partial charge < -0.3 is 24.8 Å². The summed E-state index contributed by atoms with van der Waals surface area (Å²) in [6.45, 7) is 2.61. The Morgan fingerprint density at radius 2 is 1.32 bits per heavy atom. The third-order valence-electron chi connectivity index (χ3n) is 6.24. The fourth-order valence-electron chi connectivity index (χ4n) is 4.18. The van der Waals surface area contributed by atoms with Gasteiger partial charge in [-0.2, -0.15) is 0 Å². The molecule has 0 bridgehead atoms. The zero-order valence-corrected chi connectivity index (χ0v) is 20.1. The van der Waals surface area contributed by atoms with Gasteiger partial charge in [0.15, 0.2) is 0 Å². The lowest BCUT2D eigenvalue weighted by atomic mass is 10.0. The van der Waals surface area contributed by atoms with Gasteiger partial charge >= 0.3 is 0 Å². The third kappa shape index (κ3) is 14.3. The van der Waals surface area contributed by atoms with Crippen LogP contribution in [-0.2, 0) is 9.47 Å². The van der Waals surface area contributed by atoms with E-state index in [0.29, 0.717) is 6.61 Å². The van der Waals surface area contributed by atoms with Gasteiger partial charge in [0.2, 0.25) is 0 Å². The van der Waals surface area contributed by atoms with Gasteiger partial charge in [0.1, 0.15) is 24.4 Å². The topological polar surface area (TPSA) is 79.2 Å². The average molecular weight is 443 g/mol. The van der Waals surface area contributed by atoms with E-state index in [9.17, 15) is 15.3 Å². The van der Waals surface area contributed by atoms with Crippen molar-refractivity contribution >= 4 is 0 Å². The SMILES string of the molecule is CCCCCCCCCCCCCCCC/C=C/CCO[C@H](CO)[C@@H]1OC[C@H](O)[C@@H]1O. The van der Waals surface area contributed by atoms with Crippen molar-refractivity contribution in [3.8, 4) is 0 Å². The first-order chi connectivity index (χ1) is 15.2. The number of aliphatic hydroxyl groups is 3. The molecule has 0 aromatic carbocycles. The minimum absolute atomic E-state index is 0.0881. The summed E-state index contributed by atoms with van der Waals surface area (Å²) in [5.74, 6) is 0. The highest BCUT2D eigenvalue weighted by atomic mass is 16.6. The Morgan fingerprint density at radius 3 is 1.81 bits per heavy atom. The van der Waals surface area contributed by atoms with Gasteiger partial charge in [0.05, 0.1) is 19.8 Å². The van der Waals surface area contributed by atoms with Crippen molar-refractivity contribution in [1.29, 1.82) is 0 Å². The van der Waals surface area contributed by atoms with E-state index in [1.165, 1.54) is 89.9 Å². The molecule has 1 aliphatic heterocycles. The fourth-order valence-corrected chi connectivity index (χ4v) is 4.18. The molecular formula is C26H50O5. The maximum absolute atomic E-state index is 9.84. The van der Waals surface area contributed by atoms with Crippen LogP contribution in [0.25, 0.3) is 0 Å². The van der Waals surface area contributed by atoms with Gasteiger partial charge in [0, 0.05) is 0 Å². The lowest BCUT2D eigenvalue weighted by molar-refractivity contribution is -0.0996. The molecule has 31 heavy (non-hydrogen) atoms. The minimum atomic E-state index is -0.993. The molecule has 184 valence electrons. The monoisotopic (exact) mass is 442 g/mol. The van der Waals surface area contributed by atoms with Crippen LogP contribution >= 0.6 is 0 Å². The van der Waals surface area contributed by atoms with Crippen LogP contribution < -0.4 is 0 Å². The molecule has 0 aliphatic carbocycles. The number of ether oxygens (including phenoxy) is 2. The first-order valence-corrected chi connectivity index (χ1v) is 13.1. The third-order valence-corrected chi connectivity index (χ3v) is 6.24. The smallest absolute Gasteiger partial charge is 0.114 e. The van der Waals surface area contributed by atoms with Crippen LogP contribution in [0, 0.1) is 0 Å². The van der Waals surface area contributed by atoms with E-state index in [-0.39, 0.29) is 13.2 Å². The standard InChI is InChI=1S/C26H50O5/c1-2-3-4-5-6-7-8-9-10-11-12-13-14-15-16-17-18-19-20-30-24(21-27)26-25(29)23(28)22-31-26/h17-18,23-29H,2-16,19-22H2,1H3/b18-17+/t23-,24+,25-,26-/m0/s1. The van der Waals surface area contributed by atoms with Crippen LogP contribution in [0.5, 0.6) is 0 Å². The van der Waals surface area contributed by atoms with E-state index >= 15 is 0 Å². The summed E-state index contributed by atoms with van der Waals surface area (Å²) in [4.78, 5) is 0. The molecule has 0 spiro atoms. The molecular weight excluding hydrogens is 392 g/mol. The Bertz CT molecular complexity index is 415. The molecule has 0 radical (unpaired) electrons. The molecule has 1 fully saturated rings. The highest BCUT2D eigenvalue weighted by Gasteiger charge is 2.40. The maximum Gasteiger partial charge on any atom is 0.114 e. The molecule has 5 nitrogen and oxygen atoms in total. The first kappa shape index (κ1) is 28.6. The highest BCUT2D eigenvalue weighted by Crippen LogP contribution is 2.19. The van der Waals surface area contributed by atoms with Gasteiger partial charge in [-0.3, -0.25) is 0 Å². The number of hydrogen-bond donors (Lipinski definition) is 3. The first-order valence-electron chi connectivity index (χ1n) is 13.1. The van der Waals surface area contributed by atoms with Gasteiger partial charge in [0.25, 0.3) is 0 Å². The predicted octanol–water partition coefficient (Wildman–Crippen LogP) is 5.30. The largest absolute Gasteiger partial charge is 0.394 e. The molecule has 1 aliphatic rings. The lowest BCUT2D eigenvalue weighted by Gasteiger charge is -2.24. The summed E-state index contributed by atoms with van der Waals surface area (Å²) in [5.41, 5.74) is 0. The van der Waals surface area contributed by atoms with Gasteiger partial charge in [-0.05, 0) is 19.3 Å². The molecule has 4 atom stereocenters. The average Bonchev–Trinajstić information content (AvgIpc) is 3.11. The summed E-state index contributed by atoms with van der Waals surface area (Å²) in [6.07, 6.45) is 22.5. The van der Waals surface area contributed by atoms with E-state index in [0.717, 1.165) is 12.8 Å². The molecule has 5 heteroatoms. The van der Waals surface area contributed by atoms with E-state index in [4.69, 9.17) is 9.47 Å². The Kier molecular flexibility index (Phi) is 18.6. The fraction of sp³-hybridized carbons (Fsp3) is 0.923. The molecule has 1 rings (SSSR count).